The molecule has 2 aromatic carbocycles. The van der Waals surface area contributed by atoms with Gasteiger partial charge in [0.15, 0.2) is 11.6 Å². The highest BCUT2D eigenvalue weighted by Gasteiger charge is 2.51. The van der Waals surface area contributed by atoms with Crippen LogP contribution in [-0.4, -0.2) is 18.4 Å². The van der Waals surface area contributed by atoms with E-state index in [0.717, 1.165) is 23.1 Å². The van der Waals surface area contributed by atoms with Gasteiger partial charge in [0.2, 0.25) is 11.8 Å². The lowest BCUT2D eigenvalue weighted by Gasteiger charge is -2.25. The van der Waals surface area contributed by atoms with Gasteiger partial charge in [0.25, 0.3) is 0 Å². The van der Waals surface area contributed by atoms with Gasteiger partial charge in [-0.1, -0.05) is 12.1 Å². The summed E-state index contributed by atoms with van der Waals surface area (Å²) in [5, 5.41) is 0. The molecule has 24 heavy (non-hydrogen) atoms. The van der Waals surface area contributed by atoms with E-state index in [2.05, 4.69) is 0 Å². The van der Waals surface area contributed by atoms with Crippen molar-refractivity contribution in [3.05, 3.63) is 65.0 Å². The fraction of sp³-hybridized carbons (Fsp3) is 0.176. The predicted molar refractivity (Wildman–Crippen MR) is 80.8 cm³/mol. The quantitative estimate of drug-likeness (QED) is 0.936. The Labute approximate surface area is 135 Å². The average molecular weight is 334 g/mol. The van der Waals surface area contributed by atoms with Gasteiger partial charge in [0.05, 0.1) is 5.69 Å². The Bertz CT molecular complexity index is 852. The van der Waals surface area contributed by atoms with Crippen LogP contribution in [-0.2, 0) is 15.0 Å². The summed E-state index contributed by atoms with van der Waals surface area (Å²) < 4.78 is 41.5. The highest BCUT2D eigenvalue weighted by molar-refractivity contribution is 6.12. The first kappa shape index (κ1) is 16.0. The summed E-state index contributed by atoms with van der Waals surface area (Å²) in [5.74, 6) is -4.24. The van der Waals surface area contributed by atoms with E-state index >= 15 is 0 Å². The molecular formula is C17H13F3N2O2. The van der Waals surface area contributed by atoms with Gasteiger partial charge in [0.1, 0.15) is 17.8 Å². The van der Waals surface area contributed by atoms with E-state index < -0.39 is 41.2 Å². The van der Waals surface area contributed by atoms with Gasteiger partial charge in [-0.15, -0.1) is 0 Å². The van der Waals surface area contributed by atoms with Gasteiger partial charge < -0.3 is 10.6 Å². The first-order valence-electron chi connectivity index (χ1n) is 7.11. The predicted octanol–water partition coefficient (Wildman–Crippen LogP) is 2.24. The largest absolute Gasteiger partial charge is 0.368 e. The van der Waals surface area contributed by atoms with E-state index in [4.69, 9.17) is 5.73 Å². The number of halogens is 3. The second-order valence-corrected chi connectivity index (χ2v) is 5.74. The number of nitrogens with zero attached hydrogens (tertiary/aromatic N) is 1. The van der Waals surface area contributed by atoms with Crippen LogP contribution < -0.4 is 10.6 Å². The number of fused-ring (bicyclic) bond motifs is 1. The standard InChI is InChI=1S/C17H13F3N2O2/c1-17(9-2-4-10(18)5-3-9)14-12(7-6-11(19)15(14)20)22(16(17)24)8-13(21)23/h2-7H,8H2,1H3,(H2,21,23)/t17-/m0/s1. The lowest BCUT2D eigenvalue weighted by molar-refractivity contribution is -0.124. The first-order valence-corrected chi connectivity index (χ1v) is 7.11. The first-order chi connectivity index (χ1) is 11.3. The van der Waals surface area contributed by atoms with Crippen LogP contribution in [0.1, 0.15) is 18.1 Å². The monoisotopic (exact) mass is 334 g/mol. The topological polar surface area (TPSA) is 63.4 Å². The summed E-state index contributed by atoms with van der Waals surface area (Å²) >= 11 is 0. The van der Waals surface area contributed by atoms with Crippen LogP contribution in [0, 0.1) is 17.5 Å². The van der Waals surface area contributed by atoms with E-state index in [1.165, 1.54) is 25.1 Å². The molecule has 0 bridgehead atoms. The van der Waals surface area contributed by atoms with Crippen molar-refractivity contribution >= 4 is 17.5 Å². The molecule has 7 heteroatoms. The van der Waals surface area contributed by atoms with E-state index in [1.54, 1.807) is 0 Å². The maximum atomic E-state index is 14.5. The van der Waals surface area contributed by atoms with Crippen molar-refractivity contribution in [3.8, 4) is 0 Å². The Morgan fingerprint density at radius 2 is 1.75 bits per heavy atom. The van der Waals surface area contributed by atoms with Gasteiger partial charge in [-0.05, 0) is 36.8 Å². The van der Waals surface area contributed by atoms with Crippen molar-refractivity contribution in [3.63, 3.8) is 0 Å². The Kier molecular flexibility index (Phi) is 3.59. The molecule has 1 aliphatic rings. The van der Waals surface area contributed by atoms with Crippen molar-refractivity contribution in [1.29, 1.82) is 0 Å². The van der Waals surface area contributed by atoms with Crippen LogP contribution in [0.3, 0.4) is 0 Å². The summed E-state index contributed by atoms with van der Waals surface area (Å²) in [6.07, 6.45) is 0. The Balaban J connectivity index is 2.28. The summed E-state index contributed by atoms with van der Waals surface area (Å²) in [5.41, 5.74) is 3.73. The fourth-order valence-corrected chi connectivity index (χ4v) is 3.09. The molecular weight excluding hydrogens is 321 g/mol. The van der Waals surface area contributed by atoms with Gasteiger partial charge >= 0.3 is 0 Å². The minimum atomic E-state index is -1.59. The molecule has 0 unspecified atom stereocenters. The third kappa shape index (κ3) is 2.16. The SMILES string of the molecule is C[C@@]1(c2ccc(F)cc2)C(=O)N(CC(N)=O)c2ccc(F)c(F)c21. The van der Waals surface area contributed by atoms with Crippen molar-refractivity contribution < 1.29 is 22.8 Å². The maximum Gasteiger partial charge on any atom is 0.242 e. The Morgan fingerprint density at radius 3 is 2.33 bits per heavy atom. The van der Waals surface area contributed by atoms with Crippen LogP contribution in [0.15, 0.2) is 36.4 Å². The molecule has 2 N–H and O–H groups in total. The van der Waals surface area contributed by atoms with Crippen LogP contribution in [0.5, 0.6) is 0 Å². The summed E-state index contributed by atoms with van der Waals surface area (Å²) in [4.78, 5) is 25.2. The lowest BCUT2D eigenvalue weighted by atomic mass is 9.77. The molecule has 1 heterocycles. The molecule has 0 saturated heterocycles. The molecule has 0 aliphatic carbocycles. The van der Waals surface area contributed by atoms with Gasteiger partial charge in [-0.2, -0.15) is 0 Å². The minimum absolute atomic E-state index is 0.0736. The van der Waals surface area contributed by atoms with E-state index in [1.807, 2.05) is 0 Å². The highest BCUT2D eigenvalue weighted by Crippen LogP contribution is 2.47. The van der Waals surface area contributed by atoms with Crippen molar-refractivity contribution in [2.75, 3.05) is 11.4 Å². The number of amides is 2. The number of rotatable bonds is 3. The summed E-state index contributed by atoms with van der Waals surface area (Å²) in [6, 6.07) is 7.02. The number of carbonyl (C=O) groups excluding carboxylic acids is 2. The second-order valence-electron chi connectivity index (χ2n) is 5.74. The second kappa shape index (κ2) is 5.36. The maximum absolute atomic E-state index is 14.5. The molecule has 4 nitrogen and oxygen atoms in total. The number of hydrogen-bond donors (Lipinski definition) is 1. The molecule has 1 atom stereocenters. The normalized spacial score (nSPS) is 19.5. The molecule has 0 spiro atoms. The number of hydrogen-bond acceptors (Lipinski definition) is 2. The summed E-state index contributed by atoms with van der Waals surface area (Å²) in [7, 11) is 0. The average Bonchev–Trinajstić information content (AvgIpc) is 2.74. The molecule has 1 aliphatic heterocycles. The molecule has 124 valence electrons. The zero-order valence-corrected chi connectivity index (χ0v) is 12.6. The van der Waals surface area contributed by atoms with Crippen molar-refractivity contribution in [2.45, 2.75) is 12.3 Å². The molecule has 3 rings (SSSR count). The number of nitrogens with two attached hydrogens (primary N) is 1. The molecule has 0 fully saturated rings. The third-order valence-electron chi connectivity index (χ3n) is 4.27. The lowest BCUT2D eigenvalue weighted by Crippen LogP contribution is -2.43. The van der Waals surface area contributed by atoms with Crippen LogP contribution in [0.4, 0.5) is 18.9 Å². The van der Waals surface area contributed by atoms with Crippen LogP contribution >= 0.6 is 0 Å². The fourth-order valence-electron chi connectivity index (χ4n) is 3.09. The Hall–Kier alpha value is -2.83. The third-order valence-corrected chi connectivity index (χ3v) is 4.27. The van der Waals surface area contributed by atoms with Gasteiger partial charge in [-0.25, -0.2) is 13.2 Å². The molecule has 2 amide bonds. The number of carbonyl (C=O) groups is 2. The molecule has 0 aromatic heterocycles. The van der Waals surface area contributed by atoms with E-state index in [0.29, 0.717) is 0 Å². The van der Waals surface area contributed by atoms with Crippen LogP contribution in [0.25, 0.3) is 0 Å². The smallest absolute Gasteiger partial charge is 0.242 e. The number of primary amides is 1. The number of benzene rings is 2. The zero-order valence-electron chi connectivity index (χ0n) is 12.6. The van der Waals surface area contributed by atoms with Gasteiger partial charge in [-0.3, -0.25) is 9.59 Å². The van der Waals surface area contributed by atoms with Crippen molar-refractivity contribution in [2.24, 2.45) is 5.73 Å². The minimum Gasteiger partial charge on any atom is -0.368 e. The molecule has 2 aromatic rings. The summed E-state index contributed by atoms with van der Waals surface area (Å²) in [6.45, 7) is 0.943. The number of anilines is 1. The van der Waals surface area contributed by atoms with Gasteiger partial charge in [0, 0.05) is 5.56 Å². The molecule has 0 radical (unpaired) electrons. The molecule has 0 saturated carbocycles. The highest BCUT2D eigenvalue weighted by atomic mass is 19.2. The van der Waals surface area contributed by atoms with Crippen molar-refractivity contribution in [1.82, 2.24) is 0 Å². The van der Waals surface area contributed by atoms with E-state index in [9.17, 15) is 22.8 Å². The zero-order chi connectivity index (χ0) is 17.6. The Morgan fingerprint density at radius 1 is 1.12 bits per heavy atom. The van der Waals surface area contributed by atoms with E-state index in [-0.39, 0.29) is 16.8 Å². The van der Waals surface area contributed by atoms with Crippen LogP contribution in [0.2, 0.25) is 0 Å².